The highest BCUT2D eigenvalue weighted by Crippen LogP contribution is 2.24. The fourth-order valence-corrected chi connectivity index (χ4v) is 2.17. The molecule has 0 bridgehead atoms. The predicted octanol–water partition coefficient (Wildman–Crippen LogP) is 3.51. The van der Waals surface area contributed by atoms with Crippen LogP contribution < -0.4 is 10.9 Å². The number of halogens is 2. The van der Waals surface area contributed by atoms with Crippen molar-refractivity contribution in [1.29, 1.82) is 0 Å². The highest BCUT2D eigenvalue weighted by atomic mass is 35.5. The molecule has 0 spiro atoms. The van der Waals surface area contributed by atoms with Crippen molar-refractivity contribution < 1.29 is 0 Å². The topological polar surface area (TPSA) is 70.7 Å². The van der Waals surface area contributed by atoms with Crippen LogP contribution in [-0.4, -0.2) is 15.2 Å². The predicted molar refractivity (Wildman–Crippen MR) is 81.1 cm³/mol. The Morgan fingerprint density at radius 1 is 1.10 bits per heavy atom. The molecule has 2 rings (SSSR count). The Morgan fingerprint density at radius 2 is 1.70 bits per heavy atom. The van der Waals surface area contributed by atoms with Crippen LogP contribution in [0.4, 0.5) is 11.6 Å². The van der Waals surface area contributed by atoms with Gasteiger partial charge in [-0.2, -0.15) is 0 Å². The van der Waals surface area contributed by atoms with Crippen LogP contribution in [-0.2, 0) is 5.41 Å². The second-order valence-electron chi connectivity index (χ2n) is 5.38. The molecule has 0 aliphatic rings. The maximum Gasteiger partial charge on any atom is 0.274 e. The third kappa shape index (κ3) is 3.49. The summed E-state index contributed by atoms with van der Waals surface area (Å²) in [4.78, 5) is 14.6. The Kier molecular flexibility index (Phi) is 4.01. The molecule has 0 fully saturated rings. The molecule has 0 atom stereocenters. The van der Waals surface area contributed by atoms with Crippen molar-refractivity contribution in [3.05, 3.63) is 44.3 Å². The molecule has 7 heteroatoms. The minimum Gasteiger partial charge on any atom is -0.324 e. The van der Waals surface area contributed by atoms with Crippen molar-refractivity contribution in [1.82, 2.24) is 15.2 Å². The van der Waals surface area contributed by atoms with Crippen molar-refractivity contribution in [3.8, 4) is 0 Å². The highest BCUT2D eigenvalue weighted by Gasteiger charge is 2.20. The van der Waals surface area contributed by atoms with Gasteiger partial charge < -0.3 is 5.32 Å². The van der Waals surface area contributed by atoms with Gasteiger partial charge in [0.2, 0.25) is 5.95 Å². The van der Waals surface area contributed by atoms with E-state index in [4.69, 9.17) is 23.2 Å². The average Bonchev–Trinajstić information content (AvgIpc) is 2.25. The zero-order valence-electron chi connectivity index (χ0n) is 11.3. The molecule has 1 aromatic heterocycles. The lowest BCUT2D eigenvalue weighted by Gasteiger charge is -2.15. The zero-order valence-corrected chi connectivity index (χ0v) is 12.8. The van der Waals surface area contributed by atoms with Gasteiger partial charge in [0.1, 0.15) is 5.69 Å². The molecule has 0 amide bonds. The second-order valence-corrected chi connectivity index (χ2v) is 6.26. The maximum atomic E-state index is 12.0. The molecule has 20 heavy (non-hydrogen) atoms. The molecule has 1 aromatic carbocycles. The van der Waals surface area contributed by atoms with Crippen molar-refractivity contribution in [2.45, 2.75) is 26.2 Å². The van der Waals surface area contributed by atoms with Crippen LogP contribution in [0.2, 0.25) is 10.0 Å². The third-order valence-corrected chi connectivity index (χ3v) is 2.97. The number of aromatic nitrogens is 3. The van der Waals surface area contributed by atoms with Crippen molar-refractivity contribution in [2.75, 3.05) is 5.32 Å². The number of benzene rings is 1. The molecule has 2 aromatic rings. The molecule has 0 unspecified atom stereocenters. The number of rotatable bonds is 2. The van der Waals surface area contributed by atoms with E-state index in [-0.39, 0.29) is 16.9 Å². The van der Waals surface area contributed by atoms with Gasteiger partial charge in [-0.1, -0.05) is 44.0 Å². The first kappa shape index (κ1) is 14.8. The minimum atomic E-state index is -0.363. The van der Waals surface area contributed by atoms with Gasteiger partial charge in [0.05, 0.1) is 0 Å². The molecule has 1 heterocycles. The van der Waals surface area contributed by atoms with E-state index >= 15 is 0 Å². The lowest BCUT2D eigenvalue weighted by atomic mass is 9.93. The largest absolute Gasteiger partial charge is 0.324 e. The number of nitrogens with one attached hydrogen (secondary N) is 2. The summed E-state index contributed by atoms with van der Waals surface area (Å²) >= 11 is 11.8. The van der Waals surface area contributed by atoms with Crippen LogP contribution in [0.5, 0.6) is 0 Å². The molecular weight excluding hydrogens is 299 g/mol. The third-order valence-electron chi connectivity index (χ3n) is 2.53. The van der Waals surface area contributed by atoms with Gasteiger partial charge in [0.25, 0.3) is 5.56 Å². The number of aromatic amines is 1. The van der Waals surface area contributed by atoms with Gasteiger partial charge >= 0.3 is 0 Å². The van der Waals surface area contributed by atoms with Gasteiger partial charge in [-0.3, -0.25) is 9.78 Å². The second kappa shape index (κ2) is 5.42. The van der Waals surface area contributed by atoms with Gasteiger partial charge in [-0.25, -0.2) is 0 Å². The van der Waals surface area contributed by atoms with E-state index in [1.54, 1.807) is 18.2 Å². The number of hydrogen-bond acceptors (Lipinski definition) is 4. The normalized spacial score (nSPS) is 11.4. The van der Waals surface area contributed by atoms with E-state index in [9.17, 15) is 4.79 Å². The van der Waals surface area contributed by atoms with E-state index < -0.39 is 0 Å². The van der Waals surface area contributed by atoms with Gasteiger partial charge in [-0.15, -0.1) is 10.2 Å². The first-order valence-corrected chi connectivity index (χ1v) is 6.72. The van der Waals surface area contributed by atoms with E-state index in [0.717, 1.165) is 0 Å². The Morgan fingerprint density at radius 3 is 2.20 bits per heavy atom. The lowest BCUT2D eigenvalue weighted by molar-refractivity contribution is 0.547. The summed E-state index contributed by atoms with van der Waals surface area (Å²) in [6.45, 7) is 5.70. The van der Waals surface area contributed by atoms with Crippen LogP contribution >= 0.6 is 23.2 Å². The zero-order chi connectivity index (χ0) is 14.9. The fourth-order valence-electron chi connectivity index (χ4n) is 1.65. The average molecular weight is 313 g/mol. The minimum absolute atomic E-state index is 0.237. The van der Waals surface area contributed by atoms with Crippen molar-refractivity contribution >= 4 is 34.8 Å². The number of hydrogen-bond donors (Lipinski definition) is 2. The number of anilines is 2. The molecular formula is C13H14Cl2N4O. The number of nitrogens with zero attached hydrogens (tertiary/aromatic N) is 2. The summed E-state index contributed by atoms with van der Waals surface area (Å²) in [5, 5.41) is 11.8. The first-order valence-electron chi connectivity index (χ1n) is 5.96. The molecule has 0 saturated heterocycles. The standard InChI is InChI=1S/C13H14Cl2N4O/c1-13(2,3)10-11(20)17-12(19-18-10)16-9-5-7(14)4-8(15)6-9/h4-6H,1-3H3,(H2,16,17,19,20). The summed E-state index contributed by atoms with van der Waals surface area (Å²) < 4.78 is 0. The van der Waals surface area contributed by atoms with Crippen molar-refractivity contribution in [2.24, 2.45) is 0 Å². The van der Waals surface area contributed by atoms with E-state index in [0.29, 0.717) is 21.4 Å². The van der Waals surface area contributed by atoms with Crippen LogP contribution in [0.15, 0.2) is 23.0 Å². The molecule has 0 radical (unpaired) electrons. The summed E-state index contributed by atoms with van der Waals surface area (Å²) in [5.41, 5.74) is 0.365. The lowest BCUT2D eigenvalue weighted by Crippen LogP contribution is -2.28. The molecule has 5 nitrogen and oxygen atoms in total. The monoisotopic (exact) mass is 312 g/mol. The van der Waals surface area contributed by atoms with E-state index in [1.807, 2.05) is 20.8 Å². The quantitative estimate of drug-likeness (QED) is 0.890. The Balaban J connectivity index is 2.31. The van der Waals surface area contributed by atoms with Crippen LogP contribution in [0, 0.1) is 0 Å². The Hall–Kier alpha value is -1.59. The van der Waals surface area contributed by atoms with E-state index in [1.165, 1.54) is 0 Å². The summed E-state index contributed by atoms with van der Waals surface area (Å²) in [6.07, 6.45) is 0. The summed E-state index contributed by atoms with van der Waals surface area (Å²) in [7, 11) is 0. The summed E-state index contributed by atoms with van der Waals surface area (Å²) in [6, 6.07) is 4.96. The molecule has 0 aliphatic heterocycles. The number of H-pyrrole nitrogens is 1. The SMILES string of the molecule is CC(C)(C)c1nnc(Nc2cc(Cl)cc(Cl)c2)[nH]c1=O. The first-order chi connectivity index (χ1) is 9.25. The smallest absolute Gasteiger partial charge is 0.274 e. The maximum absolute atomic E-state index is 12.0. The Labute approximate surface area is 126 Å². The van der Waals surface area contributed by atoms with E-state index in [2.05, 4.69) is 20.5 Å². The fraction of sp³-hybridized carbons (Fsp3) is 0.308. The van der Waals surface area contributed by atoms with Crippen molar-refractivity contribution in [3.63, 3.8) is 0 Å². The van der Waals surface area contributed by atoms with Gasteiger partial charge in [0.15, 0.2) is 0 Å². The molecule has 2 N–H and O–H groups in total. The summed E-state index contributed by atoms with van der Waals surface area (Å²) in [5.74, 6) is 0.237. The molecule has 0 aliphatic carbocycles. The van der Waals surface area contributed by atoms with Crippen LogP contribution in [0.25, 0.3) is 0 Å². The highest BCUT2D eigenvalue weighted by molar-refractivity contribution is 6.35. The van der Waals surface area contributed by atoms with Crippen LogP contribution in [0.1, 0.15) is 26.5 Å². The molecule has 0 saturated carbocycles. The van der Waals surface area contributed by atoms with Crippen LogP contribution in [0.3, 0.4) is 0 Å². The molecule has 106 valence electrons. The van der Waals surface area contributed by atoms with Gasteiger partial charge in [-0.05, 0) is 18.2 Å². The Bertz CT molecular complexity index is 671. The van der Waals surface area contributed by atoms with Gasteiger partial charge in [0, 0.05) is 21.1 Å².